The molecule has 0 aliphatic heterocycles. The molecule has 1 atom stereocenters. The molecule has 0 fully saturated rings. The normalized spacial score (nSPS) is 11.6. The van der Waals surface area contributed by atoms with E-state index in [2.05, 4.69) is 17.6 Å². The number of carbonyl (C=O) groups is 1. The van der Waals surface area contributed by atoms with Crippen molar-refractivity contribution in [2.24, 2.45) is 0 Å². The van der Waals surface area contributed by atoms with Gasteiger partial charge >= 0.3 is 0 Å². The molecule has 0 heterocycles. The van der Waals surface area contributed by atoms with E-state index in [0.29, 0.717) is 0 Å². The van der Waals surface area contributed by atoms with Crippen molar-refractivity contribution in [1.82, 2.24) is 0 Å². The van der Waals surface area contributed by atoms with Crippen LogP contribution in [0.25, 0.3) is 0 Å². The molecule has 0 saturated heterocycles. The molecule has 1 unspecified atom stereocenters. The fourth-order valence-corrected chi connectivity index (χ4v) is 2.18. The Morgan fingerprint density at radius 3 is 2.65 bits per heavy atom. The summed E-state index contributed by atoms with van der Waals surface area (Å²) in [7, 11) is 0. The number of nitrogens with zero attached hydrogens (tertiary/aromatic N) is 1. The average Bonchev–Trinajstić information content (AvgIpc) is 2.55. The molecular weight excluding hydrogens is 294 g/mol. The fraction of sp³-hybridized carbons (Fsp3) is 0.235. The maximum absolute atomic E-state index is 12.2. The van der Waals surface area contributed by atoms with Crippen LogP contribution < -0.4 is 10.6 Å². The number of para-hydroxylation sites is 2. The summed E-state index contributed by atoms with van der Waals surface area (Å²) in [4.78, 5) is 22.7. The first kappa shape index (κ1) is 16.5. The summed E-state index contributed by atoms with van der Waals surface area (Å²) in [5, 5.41) is 16.7. The van der Waals surface area contributed by atoms with Gasteiger partial charge < -0.3 is 10.6 Å². The fourth-order valence-electron chi connectivity index (χ4n) is 2.18. The highest BCUT2D eigenvalue weighted by Crippen LogP contribution is 2.23. The lowest BCUT2D eigenvalue weighted by molar-refractivity contribution is -0.383. The van der Waals surface area contributed by atoms with E-state index in [1.54, 1.807) is 19.1 Å². The number of aryl methyl sites for hydroxylation is 1. The number of anilines is 2. The third-order valence-corrected chi connectivity index (χ3v) is 3.47. The summed E-state index contributed by atoms with van der Waals surface area (Å²) >= 11 is 0. The van der Waals surface area contributed by atoms with E-state index in [4.69, 9.17) is 0 Å². The Labute approximate surface area is 134 Å². The molecule has 2 aromatic rings. The van der Waals surface area contributed by atoms with Gasteiger partial charge in [-0.3, -0.25) is 14.9 Å². The number of rotatable bonds is 6. The standard InChI is InChI=1S/C17H19N3O3/c1-3-13-7-6-8-14(11-13)18-12(2)17(21)19-15-9-4-5-10-16(15)20(22)23/h4-12,18H,3H2,1-2H3,(H,19,21). The van der Waals surface area contributed by atoms with Crippen molar-refractivity contribution in [3.63, 3.8) is 0 Å². The largest absolute Gasteiger partial charge is 0.374 e. The third-order valence-electron chi connectivity index (χ3n) is 3.47. The predicted molar refractivity (Wildman–Crippen MR) is 90.6 cm³/mol. The van der Waals surface area contributed by atoms with Gasteiger partial charge in [0.1, 0.15) is 11.7 Å². The summed E-state index contributed by atoms with van der Waals surface area (Å²) in [6.07, 6.45) is 0.909. The number of carbonyl (C=O) groups excluding carboxylic acids is 1. The Balaban J connectivity index is 2.07. The van der Waals surface area contributed by atoms with E-state index >= 15 is 0 Å². The second-order valence-electron chi connectivity index (χ2n) is 5.18. The zero-order valence-electron chi connectivity index (χ0n) is 13.1. The van der Waals surface area contributed by atoms with Crippen LogP contribution in [0.2, 0.25) is 0 Å². The molecule has 1 amide bonds. The highest BCUT2D eigenvalue weighted by atomic mass is 16.6. The molecule has 2 rings (SSSR count). The van der Waals surface area contributed by atoms with Crippen LogP contribution >= 0.6 is 0 Å². The lowest BCUT2D eigenvalue weighted by Gasteiger charge is -2.16. The summed E-state index contributed by atoms with van der Waals surface area (Å²) in [5.74, 6) is -0.332. The van der Waals surface area contributed by atoms with Crippen LogP contribution in [0.4, 0.5) is 17.1 Å². The Kier molecular flexibility index (Phi) is 5.30. The molecule has 0 saturated carbocycles. The molecular formula is C17H19N3O3. The molecule has 0 aliphatic carbocycles. The lowest BCUT2D eigenvalue weighted by Crippen LogP contribution is -2.32. The number of nitrogens with one attached hydrogen (secondary N) is 2. The Morgan fingerprint density at radius 1 is 1.22 bits per heavy atom. The van der Waals surface area contributed by atoms with Crippen molar-refractivity contribution in [2.75, 3.05) is 10.6 Å². The van der Waals surface area contributed by atoms with Crippen LogP contribution in [0.5, 0.6) is 0 Å². The second-order valence-corrected chi connectivity index (χ2v) is 5.18. The Bertz CT molecular complexity index is 716. The molecule has 2 N–H and O–H groups in total. The van der Waals surface area contributed by atoms with E-state index in [9.17, 15) is 14.9 Å². The molecule has 0 radical (unpaired) electrons. The summed E-state index contributed by atoms with van der Waals surface area (Å²) in [5.41, 5.74) is 2.08. The van der Waals surface area contributed by atoms with Crippen molar-refractivity contribution < 1.29 is 9.72 Å². The monoisotopic (exact) mass is 313 g/mol. The van der Waals surface area contributed by atoms with Gasteiger partial charge in [-0.1, -0.05) is 31.2 Å². The third kappa shape index (κ3) is 4.29. The zero-order chi connectivity index (χ0) is 16.8. The van der Waals surface area contributed by atoms with Crippen LogP contribution in [0, 0.1) is 10.1 Å². The summed E-state index contributed by atoms with van der Waals surface area (Å²) in [6.45, 7) is 3.77. The smallest absolute Gasteiger partial charge is 0.292 e. The minimum atomic E-state index is -0.526. The molecule has 0 spiro atoms. The van der Waals surface area contributed by atoms with Gasteiger partial charge in [0, 0.05) is 11.8 Å². The number of benzene rings is 2. The van der Waals surface area contributed by atoms with Crippen molar-refractivity contribution in [3.05, 3.63) is 64.2 Å². The minimum Gasteiger partial charge on any atom is -0.374 e. The SMILES string of the molecule is CCc1cccc(NC(C)C(=O)Nc2ccccc2[N+](=O)[O-])c1. The Hall–Kier alpha value is -2.89. The van der Waals surface area contributed by atoms with Crippen LogP contribution in [0.1, 0.15) is 19.4 Å². The first-order chi connectivity index (χ1) is 11.0. The predicted octanol–water partition coefficient (Wildman–Crippen LogP) is 3.60. The highest BCUT2D eigenvalue weighted by Gasteiger charge is 2.18. The molecule has 6 nitrogen and oxygen atoms in total. The van der Waals surface area contributed by atoms with E-state index in [1.165, 1.54) is 17.7 Å². The summed E-state index contributed by atoms with van der Waals surface area (Å²) in [6, 6.07) is 13.4. The number of nitro benzene ring substituents is 1. The molecule has 23 heavy (non-hydrogen) atoms. The molecule has 0 aliphatic rings. The maximum Gasteiger partial charge on any atom is 0.292 e. The van der Waals surface area contributed by atoms with Gasteiger partial charge in [0.25, 0.3) is 5.69 Å². The van der Waals surface area contributed by atoms with E-state index in [0.717, 1.165) is 12.1 Å². The quantitative estimate of drug-likeness (QED) is 0.630. The molecule has 0 aromatic heterocycles. The number of hydrogen-bond acceptors (Lipinski definition) is 4. The van der Waals surface area contributed by atoms with E-state index in [1.807, 2.05) is 24.3 Å². The van der Waals surface area contributed by atoms with Crippen LogP contribution in [0.15, 0.2) is 48.5 Å². The van der Waals surface area contributed by atoms with Crippen molar-refractivity contribution in [3.8, 4) is 0 Å². The first-order valence-corrected chi connectivity index (χ1v) is 7.41. The van der Waals surface area contributed by atoms with Crippen LogP contribution in [-0.2, 0) is 11.2 Å². The van der Waals surface area contributed by atoms with Crippen molar-refractivity contribution in [1.29, 1.82) is 0 Å². The molecule has 120 valence electrons. The highest BCUT2D eigenvalue weighted by molar-refractivity contribution is 5.97. The van der Waals surface area contributed by atoms with Crippen molar-refractivity contribution >= 4 is 23.0 Å². The molecule has 2 aromatic carbocycles. The van der Waals surface area contributed by atoms with E-state index < -0.39 is 11.0 Å². The lowest BCUT2D eigenvalue weighted by atomic mass is 10.1. The van der Waals surface area contributed by atoms with Gasteiger partial charge in [0.15, 0.2) is 0 Å². The number of amides is 1. The molecule has 0 bridgehead atoms. The van der Waals surface area contributed by atoms with E-state index in [-0.39, 0.29) is 17.3 Å². The molecule has 6 heteroatoms. The van der Waals surface area contributed by atoms with Gasteiger partial charge in [-0.15, -0.1) is 0 Å². The topological polar surface area (TPSA) is 84.3 Å². The zero-order valence-corrected chi connectivity index (χ0v) is 13.1. The number of hydrogen-bond donors (Lipinski definition) is 2. The van der Waals surface area contributed by atoms with Gasteiger partial charge in [-0.2, -0.15) is 0 Å². The number of nitro groups is 1. The minimum absolute atomic E-state index is 0.124. The second kappa shape index (κ2) is 7.40. The maximum atomic E-state index is 12.2. The van der Waals surface area contributed by atoms with Gasteiger partial charge in [-0.25, -0.2) is 0 Å². The van der Waals surface area contributed by atoms with Crippen LogP contribution in [0.3, 0.4) is 0 Å². The first-order valence-electron chi connectivity index (χ1n) is 7.41. The summed E-state index contributed by atoms with van der Waals surface area (Å²) < 4.78 is 0. The van der Waals surface area contributed by atoms with Gasteiger partial charge in [0.2, 0.25) is 5.91 Å². The Morgan fingerprint density at radius 2 is 1.96 bits per heavy atom. The van der Waals surface area contributed by atoms with Gasteiger partial charge in [0.05, 0.1) is 4.92 Å². The van der Waals surface area contributed by atoms with Gasteiger partial charge in [-0.05, 0) is 37.1 Å². The van der Waals surface area contributed by atoms with Crippen LogP contribution in [-0.4, -0.2) is 16.9 Å². The van der Waals surface area contributed by atoms with Crippen molar-refractivity contribution in [2.45, 2.75) is 26.3 Å². The average molecular weight is 313 g/mol.